The summed E-state index contributed by atoms with van der Waals surface area (Å²) in [6.45, 7) is 9.27. The quantitative estimate of drug-likeness (QED) is 0.0656. The Labute approximate surface area is 288 Å². The molecule has 0 heterocycles. The average molecular weight is 651 g/mol. The van der Waals surface area contributed by atoms with Crippen molar-refractivity contribution in [3.63, 3.8) is 0 Å². The van der Waals surface area contributed by atoms with Crippen molar-refractivity contribution in [3.05, 3.63) is 0 Å². The second-order valence-corrected chi connectivity index (χ2v) is 15.9. The Hall–Kier alpha value is -1.06. The highest BCUT2D eigenvalue weighted by Crippen LogP contribution is 2.38. The molecule has 4 nitrogen and oxygen atoms in total. The van der Waals surface area contributed by atoms with Gasteiger partial charge in [-0.05, 0) is 37.5 Å². The molecule has 0 aromatic rings. The molecule has 0 aromatic heterocycles. The Balaban J connectivity index is 4.21. The summed E-state index contributed by atoms with van der Waals surface area (Å²) in [6, 6.07) is 0. The number of aliphatic carboxylic acids is 2. The first-order valence-electron chi connectivity index (χ1n) is 20.6. The molecule has 46 heavy (non-hydrogen) atoms. The maximum atomic E-state index is 12.7. The predicted molar refractivity (Wildman–Crippen MR) is 200 cm³/mol. The molecule has 0 aliphatic rings. The number of hydrogen-bond donors (Lipinski definition) is 2. The molecule has 4 heteroatoms. The molecule has 274 valence electrons. The molecule has 0 saturated carbocycles. The van der Waals surface area contributed by atoms with Gasteiger partial charge in [-0.3, -0.25) is 9.59 Å². The molecule has 0 atom stereocenters. The number of unbranched alkanes of at least 4 members (excludes halogenated alkanes) is 24. The normalized spacial score (nSPS) is 12.0. The van der Waals surface area contributed by atoms with Crippen LogP contribution in [0.5, 0.6) is 0 Å². The number of carboxylic acid groups (broad SMARTS) is 2. The molecule has 0 radical (unpaired) electrons. The van der Waals surface area contributed by atoms with Gasteiger partial charge < -0.3 is 10.2 Å². The summed E-state index contributed by atoms with van der Waals surface area (Å²) in [5.74, 6) is 0.321. The van der Waals surface area contributed by atoms with Gasteiger partial charge in [0.15, 0.2) is 0 Å². The van der Waals surface area contributed by atoms with Crippen molar-refractivity contribution < 1.29 is 19.8 Å². The van der Waals surface area contributed by atoms with E-state index in [9.17, 15) is 14.7 Å². The minimum absolute atomic E-state index is 0.191. The Kier molecular flexibility index (Phi) is 31.7. The second kappa shape index (κ2) is 32.5. The molecule has 0 bridgehead atoms. The standard InChI is InChI=1S/C42H82O4/c1-38(2)32-26-21-17-13-9-5-7-11-15-19-23-29-35-42(41(45)46,37-31-25-28-34-40(43)44)36-30-24-20-16-12-8-6-10-14-18-22-27-33-39(3)4/h38-39H,5-37H2,1-4H3,(H,43,44)(H,45,46). The Morgan fingerprint density at radius 2 is 0.630 bits per heavy atom. The summed E-state index contributed by atoms with van der Waals surface area (Å²) in [4.78, 5) is 23.6. The van der Waals surface area contributed by atoms with Crippen molar-refractivity contribution in [2.24, 2.45) is 17.3 Å². The van der Waals surface area contributed by atoms with Crippen molar-refractivity contribution in [2.75, 3.05) is 0 Å². The first-order chi connectivity index (χ1) is 22.2. The highest BCUT2D eigenvalue weighted by molar-refractivity contribution is 5.74. The number of carbonyl (C=O) groups is 2. The molecular formula is C42H82O4. The van der Waals surface area contributed by atoms with Crippen LogP contribution >= 0.6 is 0 Å². The van der Waals surface area contributed by atoms with Crippen LogP contribution in [0.1, 0.15) is 240 Å². The lowest BCUT2D eigenvalue weighted by atomic mass is 9.74. The maximum Gasteiger partial charge on any atom is 0.309 e. The van der Waals surface area contributed by atoms with Crippen LogP contribution < -0.4 is 0 Å². The summed E-state index contributed by atoms with van der Waals surface area (Å²) in [5.41, 5.74) is -0.617. The molecular weight excluding hydrogens is 568 g/mol. The van der Waals surface area contributed by atoms with Crippen LogP contribution in [0.4, 0.5) is 0 Å². The number of rotatable bonds is 37. The van der Waals surface area contributed by atoms with E-state index >= 15 is 0 Å². The minimum Gasteiger partial charge on any atom is -0.481 e. The summed E-state index contributed by atoms with van der Waals surface area (Å²) in [7, 11) is 0. The van der Waals surface area contributed by atoms with Gasteiger partial charge in [-0.2, -0.15) is 0 Å². The van der Waals surface area contributed by atoms with Crippen LogP contribution in [0.15, 0.2) is 0 Å². The summed E-state index contributed by atoms with van der Waals surface area (Å²) in [6.07, 6.45) is 38.8. The molecule has 0 amide bonds. The molecule has 0 saturated heterocycles. The van der Waals surface area contributed by atoms with E-state index in [1.165, 1.54) is 141 Å². The number of hydrogen-bond acceptors (Lipinski definition) is 2. The topological polar surface area (TPSA) is 74.6 Å². The van der Waals surface area contributed by atoms with Crippen molar-refractivity contribution in [3.8, 4) is 0 Å². The molecule has 0 unspecified atom stereocenters. The smallest absolute Gasteiger partial charge is 0.309 e. The van der Waals surface area contributed by atoms with Gasteiger partial charge in [0.1, 0.15) is 0 Å². The van der Waals surface area contributed by atoms with Gasteiger partial charge in [-0.15, -0.1) is 0 Å². The van der Waals surface area contributed by atoms with Gasteiger partial charge in [0.05, 0.1) is 5.41 Å². The largest absolute Gasteiger partial charge is 0.481 e. The molecule has 0 aromatic carbocycles. The van der Waals surface area contributed by atoms with Crippen molar-refractivity contribution in [2.45, 2.75) is 240 Å². The third-order valence-electron chi connectivity index (χ3n) is 10.4. The summed E-state index contributed by atoms with van der Waals surface area (Å²) < 4.78 is 0. The van der Waals surface area contributed by atoms with Gasteiger partial charge in [0.2, 0.25) is 0 Å². The highest BCUT2D eigenvalue weighted by Gasteiger charge is 2.36. The first kappa shape index (κ1) is 44.9. The lowest BCUT2D eigenvalue weighted by molar-refractivity contribution is -0.151. The minimum atomic E-state index is -0.751. The molecule has 0 aliphatic heterocycles. The third kappa shape index (κ3) is 30.3. The monoisotopic (exact) mass is 651 g/mol. The zero-order valence-corrected chi connectivity index (χ0v) is 31.7. The highest BCUT2D eigenvalue weighted by atomic mass is 16.4. The van der Waals surface area contributed by atoms with Gasteiger partial charge in [-0.1, -0.05) is 207 Å². The van der Waals surface area contributed by atoms with E-state index in [2.05, 4.69) is 27.7 Å². The van der Waals surface area contributed by atoms with Crippen molar-refractivity contribution >= 4 is 11.9 Å². The molecule has 0 rings (SSSR count). The maximum absolute atomic E-state index is 12.7. The molecule has 0 aliphatic carbocycles. The zero-order valence-electron chi connectivity index (χ0n) is 31.7. The zero-order chi connectivity index (χ0) is 34.1. The molecule has 0 fully saturated rings. The van der Waals surface area contributed by atoms with E-state index < -0.39 is 17.4 Å². The molecule has 0 spiro atoms. The van der Waals surface area contributed by atoms with Gasteiger partial charge in [-0.25, -0.2) is 0 Å². The Morgan fingerprint density at radius 1 is 0.391 bits per heavy atom. The Bertz CT molecular complexity index is 635. The van der Waals surface area contributed by atoms with Crippen LogP contribution in [0.3, 0.4) is 0 Å². The van der Waals surface area contributed by atoms with E-state index in [1.54, 1.807) is 0 Å². The fourth-order valence-corrected chi connectivity index (χ4v) is 7.18. The van der Waals surface area contributed by atoms with Crippen LogP contribution in [0.2, 0.25) is 0 Å². The Morgan fingerprint density at radius 3 is 0.870 bits per heavy atom. The summed E-state index contributed by atoms with van der Waals surface area (Å²) >= 11 is 0. The van der Waals surface area contributed by atoms with Gasteiger partial charge >= 0.3 is 11.9 Å². The fourth-order valence-electron chi connectivity index (χ4n) is 7.18. The van der Waals surface area contributed by atoms with E-state index in [-0.39, 0.29) is 6.42 Å². The number of carboxylic acids is 2. The van der Waals surface area contributed by atoms with E-state index in [0.717, 1.165) is 63.2 Å². The van der Waals surface area contributed by atoms with E-state index in [4.69, 9.17) is 5.11 Å². The van der Waals surface area contributed by atoms with Gasteiger partial charge in [0, 0.05) is 6.42 Å². The van der Waals surface area contributed by atoms with Crippen LogP contribution in [-0.2, 0) is 9.59 Å². The molecule has 2 N–H and O–H groups in total. The summed E-state index contributed by atoms with van der Waals surface area (Å²) in [5, 5.41) is 19.4. The average Bonchev–Trinajstić information content (AvgIpc) is 3.00. The predicted octanol–water partition coefficient (Wildman–Crippen LogP) is 14.3. The van der Waals surface area contributed by atoms with Crippen molar-refractivity contribution in [1.29, 1.82) is 0 Å². The van der Waals surface area contributed by atoms with E-state index in [0.29, 0.717) is 12.8 Å². The SMILES string of the molecule is CC(C)CCCCCCCCCCCCCCC(CCCCCCCCCCCCCCC(C)C)(CCCCCC(=O)O)C(=O)O. The fraction of sp³-hybridized carbons (Fsp3) is 0.952. The second-order valence-electron chi connectivity index (χ2n) is 15.9. The van der Waals surface area contributed by atoms with Crippen LogP contribution in [0.25, 0.3) is 0 Å². The van der Waals surface area contributed by atoms with Gasteiger partial charge in [0.25, 0.3) is 0 Å². The van der Waals surface area contributed by atoms with Crippen molar-refractivity contribution in [1.82, 2.24) is 0 Å². The lowest BCUT2D eigenvalue weighted by Crippen LogP contribution is -2.31. The third-order valence-corrected chi connectivity index (χ3v) is 10.4. The first-order valence-corrected chi connectivity index (χ1v) is 20.6. The lowest BCUT2D eigenvalue weighted by Gasteiger charge is -2.30. The van der Waals surface area contributed by atoms with Crippen LogP contribution in [0, 0.1) is 17.3 Å². The van der Waals surface area contributed by atoms with E-state index in [1.807, 2.05) is 0 Å². The van der Waals surface area contributed by atoms with Crippen LogP contribution in [-0.4, -0.2) is 22.2 Å².